The number of rotatable bonds is 6. The van der Waals surface area contributed by atoms with Crippen LogP contribution in [0.2, 0.25) is 0 Å². The van der Waals surface area contributed by atoms with Gasteiger partial charge in [0.2, 0.25) is 5.95 Å². The predicted molar refractivity (Wildman–Crippen MR) is 115 cm³/mol. The van der Waals surface area contributed by atoms with Gasteiger partial charge in [-0.15, -0.1) is 0 Å². The van der Waals surface area contributed by atoms with Gasteiger partial charge in [-0.25, -0.2) is 9.78 Å². The van der Waals surface area contributed by atoms with E-state index in [1.54, 1.807) is 42.5 Å². The molecule has 1 amide bonds. The summed E-state index contributed by atoms with van der Waals surface area (Å²) in [5, 5.41) is 14.8. The summed E-state index contributed by atoms with van der Waals surface area (Å²) in [6, 6.07) is 15.2. The van der Waals surface area contributed by atoms with Crippen LogP contribution in [0, 0.1) is 0 Å². The van der Waals surface area contributed by atoms with Gasteiger partial charge in [-0.3, -0.25) is 9.78 Å². The molecule has 0 fully saturated rings. The van der Waals surface area contributed by atoms with Crippen LogP contribution in [0.5, 0.6) is 11.5 Å². The van der Waals surface area contributed by atoms with Crippen molar-refractivity contribution in [3.05, 3.63) is 72.1 Å². The first-order valence-corrected chi connectivity index (χ1v) is 9.37. The molecule has 0 aliphatic carbocycles. The van der Waals surface area contributed by atoms with Gasteiger partial charge in [0.25, 0.3) is 5.91 Å². The lowest BCUT2D eigenvalue weighted by Gasteiger charge is -2.07. The number of aromatic carboxylic acids is 1. The standard InChI is InChI=1S/C22H19N5O4/c1-23-20(28)18-12-16(8-9-24-18)31-15-6-7-19-17(11-15)26-22(27(19)2)25-14-5-3-4-13(10-14)21(29)30/h3-12H,1-2H3,(H,23,28)(H,25,26)(H,29,30). The summed E-state index contributed by atoms with van der Waals surface area (Å²) < 4.78 is 7.74. The van der Waals surface area contributed by atoms with E-state index in [1.807, 2.05) is 17.7 Å². The van der Waals surface area contributed by atoms with E-state index in [4.69, 9.17) is 9.84 Å². The lowest BCUT2D eigenvalue weighted by molar-refractivity contribution is 0.0696. The molecule has 4 aromatic rings. The number of imidazole rings is 1. The zero-order chi connectivity index (χ0) is 22.0. The van der Waals surface area contributed by atoms with Crippen molar-refractivity contribution in [3.63, 3.8) is 0 Å². The average molecular weight is 417 g/mol. The van der Waals surface area contributed by atoms with Crippen molar-refractivity contribution in [1.29, 1.82) is 0 Å². The van der Waals surface area contributed by atoms with Crippen molar-refractivity contribution < 1.29 is 19.4 Å². The van der Waals surface area contributed by atoms with Crippen LogP contribution < -0.4 is 15.4 Å². The van der Waals surface area contributed by atoms with Crippen molar-refractivity contribution in [2.45, 2.75) is 0 Å². The minimum Gasteiger partial charge on any atom is -0.478 e. The number of nitrogens with one attached hydrogen (secondary N) is 2. The maximum absolute atomic E-state index is 11.8. The molecule has 31 heavy (non-hydrogen) atoms. The molecule has 0 aliphatic heterocycles. The van der Waals surface area contributed by atoms with E-state index in [0.717, 1.165) is 5.52 Å². The number of pyridine rings is 1. The third kappa shape index (κ3) is 4.15. The number of nitrogens with zero attached hydrogens (tertiary/aromatic N) is 3. The summed E-state index contributed by atoms with van der Waals surface area (Å²) in [6.07, 6.45) is 1.51. The van der Waals surface area contributed by atoms with Gasteiger partial charge in [-0.2, -0.15) is 0 Å². The van der Waals surface area contributed by atoms with E-state index in [2.05, 4.69) is 20.6 Å². The van der Waals surface area contributed by atoms with Gasteiger partial charge in [-0.05, 0) is 36.4 Å². The lowest BCUT2D eigenvalue weighted by atomic mass is 10.2. The second-order valence-corrected chi connectivity index (χ2v) is 6.71. The highest BCUT2D eigenvalue weighted by molar-refractivity contribution is 5.92. The Bertz CT molecular complexity index is 1300. The van der Waals surface area contributed by atoms with E-state index in [9.17, 15) is 9.59 Å². The van der Waals surface area contributed by atoms with Gasteiger partial charge >= 0.3 is 5.97 Å². The minimum absolute atomic E-state index is 0.188. The van der Waals surface area contributed by atoms with E-state index < -0.39 is 5.97 Å². The molecule has 0 unspecified atom stereocenters. The molecular formula is C22H19N5O4. The topological polar surface area (TPSA) is 118 Å². The summed E-state index contributed by atoms with van der Waals surface area (Å²) >= 11 is 0. The maximum atomic E-state index is 11.8. The molecule has 0 spiro atoms. The number of ether oxygens (including phenoxy) is 1. The first-order chi connectivity index (χ1) is 14.9. The van der Waals surface area contributed by atoms with E-state index in [0.29, 0.717) is 28.7 Å². The second-order valence-electron chi connectivity index (χ2n) is 6.71. The fourth-order valence-electron chi connectivity index (χ4n) is 3.08. The number of carboxylic acids is 1. The average Bonchev–Trinajstić information content (AvgIpc) is 3.08. The molecule has 0 aliphatic rings. The Hall–Kier alpha value is -4.40. The molecule has 0 radical (unpaired) electrons. The van der Waals surface area contributed by atoms with Crippen LogP contribution >= 0.6 is 0 Å². The van der Waals surface area contributed by atoms with E-state index >= 15 is 0 Å². The maximum Gasteiger partial charge on any atom is 0.335 e. The number of benzene rings is 2. The summed E-state index contributed by atoms with van der Waals surface area (Å²) in [6.45, 7) is 0. The Balaban J connectivity index is 1.60. The van der Waals surface area contributed by atoms with Gasteiger partial charge in [-0.1, -0.05) is 6.07 Å². The molecule has 3 N–H and O–H groups in total. The third-order valence-corrected chi connectivity index (χ3v) is 4.64. The predicted octanol–water partition coefficient (Wildman–Crippen LogP) is 3.56. The molecule has 9 heteroatoms. The highest BCUT2D eigenvalue weighted by Crippen LogP contribution is 2.28. The molecule has 9 nitrogen and oxygen atoms in total. The number of fused-ring (bicyclic) bond motifs is 1. The van der Waals surface area contributed by atoms with E-state index in [-0.39, 0.29) is 17.2 Å². The van der Waals surface area contributed by atoms with Gasteiger partial charge in [0.1, 0.15) is 17.2 Å². The Labute approximate surface area is 177 Å². The summed E-state index contributed by atoms with van der Waals surface area (Å²) in [5.41, 5.74) is 2.62. The largest absolute Gasteiger partial charge is 0.478 e. The molecule has 4 rings (SSSR count). The number of hydrogen-bond donors (Lipinski definition) is 3. The van der Waals surface area contributed by atoms with Gasteiger partial charge in [0.15, 0.2) is 0 Å². The number of aryl methyl sites for hydroxylation is 1. The minimum atomic E-state index is -0.994. The summed E-state index contributed by atoms with van der Waals surface area (Å²) in [5.74, 6) is 0.298. The first kappa shape index (κ1) is 19.9. The van der Waals surface area contributed by atoms with Crippen LogP contribution in [0.4, 0.5) is 11.6 Å². The molecular weight excluding hydrogens is 398 g/mol. The van der Waals surface area contributed by atoms with Crippen LogP contribution in [0.15, 0.2) is 60.8 Å². The van der Waals surface area contributed by atoms with E-state index in [1.165, 1.54) is 19.3 Å². The normalized spacial score (nSPS) is 10.6. The Morgan fingerprint density at radius 3 is 2.65 bits per heavy atom. The number of carbonyl (C=O) groups is 2. The van der Waals surface area contributed by atoms with Crippen LogP contribution in [0.1, 0.15) is 20.8 Å². The lowest BCUT2D eigenvalue weighted by Crippen LogP contribution is -2.18. The molecule has 0 atom stereocenters. The number of carboxylic acid groups (broad SMARTS) is 1. The van der Waals surface area contributed by atoms with Crippen LogP contribution in [-0.2, 0) is 7.05 Å². The van der Waals surface area contributed by atoms with Crippen LogP contribution in [-0.4, -0.2) is 38.6 Å². The Morgan fingerprint density at radius 2 is 1.87 bits per heavy atom. The summed E-state index contributed by atoms with van der Waals surface area (Å²) in [4.78, 5) is 31.6. The van der Waals surface area contributed by atoms with Crippen molar-refractivity contribution in [2.24, 2.45) is 7.05 Å². The molecule has 2 heterocycles. The third-order valence-electron chi connectivity index (χ3n) is 4.64. The molecule has 156 valence electrons. The summed E-state index contributed by atoms with van der Waals surface area (Å²) in [7, 11) is 3.40. The quantitative estimate of drug-likeness (QED) is 0.439. The molecule has 2 aromatic heterocycles. The number of amides is 1. The smallest absolute Gasteiger partial charge is 0.335 e. The van der Waals surface area contributed by atoms with Gasteiger partial charge in [0.05, 0.1) is 16.6 Å². The zero-order valence-electron chi connectivity index (χ0n) is 16.8. The highest BCUT2D eigenvalue weighted by atomic mass is 16.5. The monoisotopic (exact) mass is 417 g/mol. The molecule has 2 aromatic carbocycles. The fourth-order valence-corrected chi connectivity index (χ4v) is 3.08. The molecule has 0 bridgehead atoms. The van der Waals surface area contributed by atoms with Crippen LogP contribution in [0.3, 0.4) is 0 Å². The SMILES string of the molecule is CNC(=O)c1cc(Oc2ccc3c(c2)nc(Nc2cccc(C(=O)O)c2)n3C)ccn1. The number of anilines is 2. The van der Waals surface area contributed by atoms with Crippen molar-refractivity contribution in [3.8, 4) is 11.5 Å². The van der Waals surface area contributed by atoms with Crippen molar-refractivity contribution in [1.82, 2.24) is 19.9 Å². The zero-order valence-corrected chi connectivity index (χ0v) is 16.8. The van der Waals surface area contributed by atoms with Gasteiger partial charge in [0, 0.05) is 38.1 Å². The Kier molecular flexibility index (Phi) is 5.23. The van der Waals surface area contributed by atoms with Crippen LogP contribution in [0.25, 0.3) is 11.0 Å². The number of aromatic nitrogens is 3. The second kappa shape index (κ2) is 8.15. The molecule has 0 saturated heterocycles. The number of carbonyl (C=O) groups excluding carboxylic acids is 1. The highest BCUT2D eigenvalue weighted by Gasteiger charge is 2.12. The van der Waals surface area contributed by atoms with Crippen molar-refractivity contribution in [2.75, 3.05) is 12.4 Å². The van der Waals surface area contributed by atoms with Gasteiger partial charge < -0.3 is 25.0 Å². The first-order valence-electron chi connectivity index (χ1n) is 9.37. The number of hydrogen-bond acceptors (Lipinski definition) is 6. The fraction of sp³-hybridized carbons (Fsp3) is 0.0909. The molecule has 0 saturated carbocycles. The van der Waals surface area contributed by atoms with Crippen molar-refractivity contribution >= 4 is 34.5 Å². The Morgan fingerprint density at radius 1 is 1.06 bits per heavy atom.